The Morgan fingerprint density at radius 2 is 1.41 bits per heavy atom. The molecular weight excluding hydrogens is 212 g/mol. The number of ether oxygens (including phenoxy) is 1. The zero-order valence-electron chi connectivity index (χ0n) is 12.2. The van der Waals surface area contributed by atoms with E-state index >= 15 is 0 Å². The van der Waals surface area contributed by atoms with Crippen molar-refractivity contribution in [3.8, 4) is 0 Å². The van der Waals surface area contributed by atoms with Crippen molar-refractivity contribution in [2.45, 2.75) is 84.2 Å². The molecule has 0 aromatic carbocycles. The Labute approximate surface area is 107 Å². The van der Waals surface area contributed by atoms with Crippen molar-refractivity contribution >= 4 is 5.78 Å². The number of hydrogen-bond acceptors (Lipinski definition) is 2. The van der Waals surface area contributed by atoms with Crippen LogP contribution in [-0.2, 0) is 9.53 Å². The SMILES string of the molecule is CCCCCCCCCCC(=O)C(C)(C)OC. The summed E-state index contributed by atoms with van der Waals surface area (Å²) >= 11 is 0. The Hall–Kier alpha value is -0.370. The van der Waals surface area contributed by atoms with Gasteiger partial charge in [0.15, 0.2) is 5.78 Å². The molecule has 0 aliphatic carbocycles. The summed E-state index contributed by atoms with van der Waals surface area (Å²) in [5.74, 6) is 0.228. The van der Waals surface area contributed by atoms with Gasteiger partial charge in [0.05, 0.1) is 0 Å². The van der Waals surface area contributed by atoms with Gasteiger partial charge in [-0.15, -0.1) is 0 Å². The van der Waals surface area contributed by atoms with Crippen molar-refractivity contribution in [2.24, 2.45) is 0 Å². The third kappa shape index (κ3) is 8.37. The molecule has 0 bridgehead atoms. The predicted molar refractivity (Wildman–Crippen MR) is 73.3 cm³/mol. The highest BCUT2D eigenvalue weighted by atomic mass is 16.5. The van der Waals surface area contributed by atoms with E-state index in [-0.39, 0.29) is 5.78 Å². The van der Waals surface area contributed by atoms with Crippen molar-refractivity contribution in [2.75, 3.05) is 7.11 Å². The number of rotatable bonds is 11. The van der Waals surface area contributed by atoms with Gasteiger partial charge in [0.1, 0.15) is 5.60 Å². The number of methoxy groups -OCH3 is 1. The number of ketones is 1. The summed E-state index contributed by atoms with van der Waals surface area (Å²) in [6, 6.07) is 0. The highest BCUT2D eigenvalue weighted by molar-refractivity contribution is 5.86. The molecule has 0 saturated carbocycles. The molecule has 2 nitrogen and oxygen atoms in total. The number of carbonyl (C=O) groups excluding carboxylic acids is 1. The van der Waals surface area contributed by atoms with Crippen LogP contribution in [0.5, 0.6) is 0 Å². The molecule has 0 heterocycles. The normalized spacial score (nSPS) is 11.8. The van der Waals surface area contributed by atoms with Gasteiger partial charge in [0.25, 0.3) is 0 Å². The third-order valence-electron chi connectivity index (χ3n) is 3.44. The zero-order chi connectivity index (χ0) is 13.1. The minimum atomic E-state index is -0.596. The van der Waals surface area contributed by atoms with Crippen molar-refractivity contribution in [1.29, 1.82) is 0 Å². The second-order valence-electron chi connectivity index (χ2n) is 5.36. The maximum Gasteiger partial charge on any atom is 0.164 e. The Balaban J connectivity index is 3.37. The van der Waals surface area contributed by atoms with Gasteiger partial charge in [-0.05, 0) is 20.3 Å². The van der Waals surface area contributed by atoms with Gasteiger partial charge in [0, 0.05) is 13.5 Å². The number of unbranched alkanes of at least 4 members (excludes halogenated alkanes) is 7. The van der Waals surface area contributed by atoms with E-state index in [2.05, 4.69) is 6.92 Å². The van der Waals surface area contributed by atoms with Gasteiger partial charge in [0.2, 0.25) is 0 Å². The molecule has 0 aliphatic rings. The Bertz CT molecular complexity index is 197. The molecule has 0 N–H and O–H groups in total. The van der Waals surface area contributed by atoms with E-state index in [0.717, 1.165) is 6.42 Å². The smallest absolute Gasteiger partial charge is 0.164 e. The second kappa shape index (κ2) is 9.64. The van der Waals surface area contributed by atoms with Gasteiger partial charge in [-0.25, -0.2) is 0 Å². The Morgan fingerprint density at radius 3 is 1.88 bits per heavy atom. The summed E-state index contributed by atoms with van der Waals surface area (Å²) < 4.78 is 5.17. The lowest BCUT2D eigenvalue weighted by molar-refractivity contribution is -0.137. The summed E-state index contributed by atoms with van der Waals surface area (Å²) in [6.07, 6.45) is 10.8. The molecule has 17 heavy (non-hydrogen) atoms. The average molecular weight is 242 g/mol. The van der Waals surface area contributed by atoms with Crippen molar-refractivity contribution in [3.05, 3.63) is 0 Å². The summed E-state index contributed by atoms with van der Waals surface area (Å²) in [7, 11) is 1.60. The van der Waals surface area contributed by atoms with Crippen LogP contribution in [0.15, 0.2) is 0 Å². The van der Waals surface area contributed by atoms with E-state index in [9.17, 15) is 4.79 Å². The average Bonchev–Trinajstić information content (AvgIpc) is 2.32. The summed E-state index contributed by atoms with van der Waals surface area (Å²) in [6.45, 7) is 5.93. The van der Waals surface area contributed by atoms with Gasteiger partial charge in [-0.2, -0.15) is 0 Å². The standard InChI is InChI=1S/C15H30O2/c1-5-6-7-8-9-10-11-12-13-14(16)15(2,3)17-4/h5-13H2,1-4H3. The number of hydrogen-bond donors (Lipinski definition) is 0. The molecule has 0 atom stereocenters. The fourth-order valence-electron chi connectivity index (χ4n) is 1.83. The summed E-state index contributed by atoms with van der Waals surface area (Å²) in [5.41, 5.74) is -0.596. The lowest BCUT2D eigenvalue weighted by Crippen LogP contribution is -2.33. The third-order valence-corrected chi connectivity index (χ3v) is 3.44. The van der Waals surface area contributed by atoms with Crippen LogP contribution in [-0.4, -0.2) is 18.5 Å². The number of carbonyl (C=O) groups is 1. The van der Waals surface area contributed by atoms with Crippen molar-refractivity contribution < 1.29 is 9.53 Å². The Kier molecular flexibility index (Phi) is 9.43. The molecule has 0 aromatic heterocycles. The van der Waals surface area contributed by atoms with Gasteiger partial charge in [-0.1, -0.05) is 51.9 Å². The van der Waals surface area contributed by atoms with Gasteiger partial charge < -0.3 is 4.74 Å². The lowest BCUT2D eigenvalue weighted by Gasteiger charge is -2.20. The molecule has 0 unspecified atom stereocenters. The van der Waals surface area contributed by atoms with Crippen LogP contribution in [0.25, 0.3) is 0 Å². The summed E-state index contributed by atoms with van der Waals surface area (Å²) in [4.78, 5) is 11.7. The number of Topliss-reactive ketones (excluding diaryl/α,β-unsaturated/α-hetero) is 1. The fraction of sp³-hybridized carbons (Fsp3) is 0.933. The molecule has 0 aliphatic heterocycles. The quantitative estimate of drug-likeness (QED) is 0.498. The largest absolute Gasteiger partial charge is 0.371 e. The van der Waals surface area contributed by atoms with E-state index in [1.54, 1.807) is 7.11 Å². The van der Waals surface area contributed by atoms with Crippen LogP contribution >= 0.6 is 0 Å². The van der Waals surface area contributed by atoms with Gasteiger partial charge >= 0.3 is 0 Å². The molecule has 0 saturated heterocycles. The first kappa shape index (κ1) is 16.6. The minimum Gasteiger partial charge on any atom is -0.371 e. The molecule has 0 spiro atoms. The monoisotopic (exact) mass is 242 g/mol. The molecule has 0 amide bonds. The van der Waals surface area contributed by atoms with E-state index in [4.69, 9.17) is 4.74 Å². The highest BCUT2D eigenvalue weighted by Gasteiger charge is 2.25. The molecule has 0 fully saturated rings. The molecule has 0 rings (SSSR count). The van der Waals surface area contributed by atoms with E-state index in [1.807, 2.05) is 13.8 Å². The fourth-order valence-corrected chi connectivity index (χ4v) is 1.83. The maximum absolute atomic E-state index is 11.7. The second-order valence-corrected chi connectivity index (χ2v) is 5.36. The molecular formula is C15H30O2. The van der Waals surface area contributed by atoms with Crippen LogP contribution in [0.4, 0.5) is 0 Å². The molecule has 102 valence electrons. The van der Waals surface area contributed by atoms with Crippen LogP contribution < -0.4 is 0 Å². The first-order valence-corrected chi connectivity index (χ1v) is 7.13. The van der Waals surface area contributed by atoms with E-state index in [1.165, 1.54) is 44.9 Å². The van der Waals surface area contributed by atoms with Crippen LogP contribution in [0.3, 0.4) is 0 Å². The summed E-state index contributed by atoms with van der Waals surface area (Å²) in [5, 5.41) is 0. The van der Waals surface area contributed by atoms with Crippen LogP contribution in [0.1, 0.15) is 78.6 Å². The van der Waals surface area contributed by atoms with Gasteiger partial charge in [-0.3, -0.25) is 4.79 Å². The van der Waals surface area contributed by atoms with E-state index < -0.39 is 5.60 Å². The zero-order valence-corrected chi connectivity index (χ0v) is 12.2. The Morgan fingerprint density at radius 1 is 0.941 bits per heavy atom. The first-order valence-electron chi connectivity index (χ1n) is 7.13. The minimum absolute atomic E-state index is 0.228. The molecule has 0 aromatic rings. The molecule has 2 heteroatoms. The van der Waals surface area contributed by atoms with Crippen molar-refractivity contribution in [1.82, 2.24) is 0 Å². The lowest BCUT2D eigenvalue weighted by atomic mass is 9.97. The van der Waals surface area contributed by atoms with Crippen LogP contribution in [0.2, 0.25) is 0 Å². The van der Waals surface area contributed by atoms with Crippen LogP contribution in [0, 0.1) is 0 Å². The van der Waals surface area contributed by atoms with Crippen molar-refractivity contribution in [3.63, 3.8) is 0 Å². The first-order chi connectivity index (χ1) is 8.04. The highest BCUT2D eigenvalue weighted by Crippen LogP contribution is 2.15. The maximum atomic E-state index is 11.7. The van der Waals surface area contributed by atoms with E-state index in [0.29, 0.717) is 6.42 Å². The molecule has 0 radical (unpaired) electrons. The topological polar surface area (TPSA) is 26.3 Å². The predicted octanol–water partition coefficient (Wildman–Crippen LogP) is 4.51.